The van der Waals surface area contributed by atoms with Gasteiger partial charge in [0.2, 0.25) is 0 Å². The standard InChI is InChI=1S/C25H33NO4S/c1-15(2)25(9-7-17-8-10-29-14-17)13-20(27)22(23(28)30-25)31-21-11-16(3)19(26)12-18(21)24(4,5)6/h8,10-12,14-15,27H,7,9,13,26H2,1-6H3. The maximum Gasteiger partial charge on any atom is 0.349 e. The Morgan fingerprint density at radius 3 is 2.55 bits per heavy atom. The zero-order chi connectivity index (χ0) is 23.0. The van der Waals surface area contributed by atoms with Gasteiger partial charge in [-0.3, -0.25) is 0 Å². The lowest BCUT2D eigenvalue weighted by Gasteiger charge is -2.40. The first-order chi connectivity index (χ1) is 14.4. The van der Waals surface area contributed by atoms with Crippen molar-refractivity contribution in [3.63, 3.8) is 0 Å². The smallest absolute Gasteiger partial charge is 0.349 e. The number of aryl methyl sites for hydroxylation is 2. The van der Waals surface area contributed by atoms with E-state index in [-0.39, 0.29) is 22.0 Å². The number of cyclic esters (lactones) is 1. The zero-order valence-corrected chi connectivity index (χ0v) is 20.1. The molecule has 1 unspecified atom stereocenters. The van der Waals surface area contributed by atoms with Crippen molar-refractivity contribution in [2.45, 2.75) is 76.7 Å². The van der Waals surface area contributed by atoms with E-state index < -0.39 is 11.6 Å². The first-order valence-corrected chi connectivity index (χ1v) is 11.5. The SMILES string of the molecule is Cc1cc(SC2=C(O)CC(CCc3ccoc3)(C(C)C)OC2=O)c(C(C)(C)C)cc1N. The van der Waals surface area contributed by atoms with Gasteiger partial charge in [0, 0.05) is 17.0 Å². The van der Waals surface area contributed by atoms with Gasteiger partial charge >= 0.3 is 5.97 Å². The molecule has 168 valence electrons. The molecule has 1 aliphatic rings. The monoisotopic (exact) mass is 443 g/mol. The van der Waals surface area contributed by atoms with Gasteiger partial charge in [0.05, 0.1) is 12.5 Å². The Morgan fingerprint density at radius 2 is 2.00 bits per heavy atom. The predicted molar refractivity (Wildman–Crippen MR) is 125 cm³/mol. The highest BCUT2D eigenvalue weighted by Gasteiger charge is 2.44. The summed E-state index contributed by atoms with van der Waals surface area (Å²) in [7, 11) is 0. The summed E-state index contributed by atoms with van der Waals surface area (Å²) < 4.78 is 11.2. The number of anilines is 1. The maximum absolute atomic E-state index is 13.1. The number of aliphatic hydroxyl groups is 1. The second-order valence-corrected chi connectivity index (χ2v) is 10.8. The van der Waals surface area contributed by atoms with E-state index >= 15 is 0 Å². The minimum absolute atomic E-state index is 0.0564. The van der Waals surface area contributed by atoms with Gasteiger partial charge < -0.3 is 20.0 Å². The molecule has 0 bridgehead atoms. The molecule has 0 saturated heterocycles. The minimum atomic E-state index is -0.744. The fourth-order valence-corrected chi connectivity index (χ4v) is 5.11. The summed E-state index contributed by atoms with van der Waals surface area (Å²) >= 11 is 1.27. The molecule has 1 aliphatic heterocycles. The van der Waals surface area contributed by atoms with Gasteiger partial charge in [-0.2, -0.15) is 0 Å². The van der Waals surface area contributed by atoms with Gasteiger partial charge in [-0.15, -0.1) is 0 Å². The highest BCUT2D eigenvalue weighted by Crippen LogP contribution is 2.45. The van der Waals surface area contributed by atoms with Crippen molar-refractivity contribution in [1.29, 1.82) is 0 Å². The summed E-state index contributed by atoms with van der Waals surface area (Å²) in [6.07, 6.45) is 4.97. The number of esters is 1. The summed E-state index contributed by atoms with van der Waals surface area (Å²) in [5.74, 6) is -0.318. The molecule has 0 spiro atoms. The zero-order valence-electron chi connectivity index (χ0n) is 19.2. The Kier molecular flexibility index (Phi) is 6.51. The number of furan rings is 1. The van der Waals surface area contributed by atoms with Crippen molar-refractivity contribution in [3.05, 3.63) is 58.1 Å². The predicted octanol–water partition coefficient (Wildman–Crippen LogP) is 6.30. The average Bonchev–Trinajstić information content (AvgIpc) is 3.18. The lowest BCUT2D eigenvalue weighted by atomic mass is 9.80. The van der Waals surface area contributed by atoms with Gasteiger partial charge in [-0.1, -0.05) is 46.4 Å². The Morgan fingerprint density at radius 1 is 1.29 bits per heavy atom. The number of carbonyl (C=O) groups excluding carboxylic acids is 1. The molecular formula is C25H33NO4S. The van der Waals surface area contributed by atoms with Crippen LogP contribution in [0.5, 0.6) is 0 Å². The molecule has 2 aromatic rings. The fourth-order valence-electron chi connectivity index (χ4n) is 3.87. The molecule has 6 heteroatoms. The molecule has 1 aromatic heterocycles. The number of rotatable bonds is 6. The summed E-state index contributed by atoms with van der Waals surface area (Å²) in [5.41, 5.74) is 8.99. The van der Waals surface area contributed by atoms with Crippen LogP contribution in [0.1, 0.15) is 64.2 Å². The number of hydrogen-bond donors (Lipinski definition) is 2. The molecule has 2 heterocycles. The van der Waals surface area contributed by atoms with Crippen molar-refractivity contribution < 1.29 is 19.1 Å². The molecule has 0 amide bonds. The van der Waals surface area contributed by atoms with Crippen LogP contribution in [-0.4, -0.2) is 16.7 Å². The van der Waals surface area contributed by atoms with Gasteiger partial charge in [0.15, 0.2) is 0 Å². The van der Waals surface area contributed by atoms with E-state index in [0.29, 0.717) is 19.3 Å². The van der Waals surface area contributed by atoms with E-state index in [4.69, 9.17) is 14.9 Å². The lowest BCUT2D eigenvalue weighted by molar-refractivity contribution is -0.164. The third-order valence-electron chi connectivity index (χ3n) is 6.07. The number of hydrogen-bond acceptors (Lipinski definition) is 6. The molecular weight excluding hydrogens is 410 g/mol. The van der Waals surface area contributed by atoms with E-state index in [1.165, 1.54) is 11.8 Å². The van der Waals surface area contributed by atoms with Crippen LogP contribution < -0.4 is 5.73 Å². The van der Waals surface area contributed by atoms with E-state index in [9.17, 15) is 9.90 Å². The molecule has 0 radical (unpaired) electrons. The molecule has 1 aromatic carbocycles. The van der Waals surface area contributed by atoms with Crippen LogP contribution in [0, 0.1) is 12.8 Å². The number of thioether (sulfide) groups is 1. The van der Waals surface area contributed by atoms with Crippen LogP contribution in [-0.2, 0) is 21.4 Å². The highest BCUT2D eigenvalue weighted by atomic mass is 32.2. The highest BCUT2D eigenvalue weighted by molar-refractivity contribution is 8.04. The molecule has 31 heavy (non-hydrogen) atoms. The number of aliphatic hydroxyl groups excluding tert-OH is 1. The fraction of sp³-hybridized carbons (Fsp3) is 0.480. The Bertz CT molecular complexity index is 986. The van der Waals surface area contributed by atoms with Gasteiger partial charge in [0.1, 0.15) is 16.3 Å². The second-order valence-electron chi connectivity index (χ2n) is 9.75. The quantitative estimate of drug-likeness (QED) is 0.402. The molecule has 1 atom stereocenters. The summed E-state index contributed by atoms with van der Waals surface area (Å²) in [4.78, 5) is 14.3. The number of nitrogens with two attached hydrogens (primary N) is 1. The summed E-state index contributed by atoms with van der Waals surface area (Å²) in [6, 6.07) is 5.86. The topological polar surface area (TPSA) is 85.7 Å². The molecule has 5 nitrogen and oxygen atoms in total. The first-order valence-electron chi connectivity index (χ1n) is 10.7. The molecule has 0 aliphatic carbocycles. The van der Waals surface area contributed by atoms with Gasteiger partial charge in [-0.05, 0) is 66.0 Å². The average molecular weight is 444 g/mol. The van der Waals surface area contributed by atoms with Crippen LogP contribution in [0.4, 0.5) is 5.69 Å². The Balaban J connectivity index is 1.92. The normalized spacial score (nSPS) is 19.8. The second kappa shape index (κ2) is 8.65. The number of benzene rings is 1. The summed E-state index contributed by atoms with van der Waals surface area (Å²) in [5, 5.41) is 11.0. The molecule has 3 rings (SSSR count). The van der Waals surface area contributed by atoms with Gasteiger partial charge in [-0.25, -0.2) is 4.79 Å². The van der Waals surface area contributed by atoms with E-state index in [1.807, 2.05) is 39.0 Å². The van der Waals surface area contributed by atoms with E-state index in [1.54, 1.807) is 12.5 Å². The summed E-state index contributed by atoms with van der Waals surface area (Å²) in [6.45, 7) is 12.3. The van der Waals surface area contributed by atoms with Crippen molar-refractivity contribution in [2.24, 2.45) is 5.92 Å². The number of carbonyl (C=O) groups is 1. The Labute approximate surface area is 189 Å². The number of nitrogen functional groups attached to an aromatic ring is 1. The third-order valence-corrected chi connectivity index (χ3v) is 7.23. The maximum atomic E-state index is 13.1. The first kappa shape index (κ1) is 23.3. The van der Waals surface area contributed by atoms with Crippen molar-refractivity contribution in [3.8, 4) is 0 Å². The van der Waals surface area contributed by atoms with E-state index in [2.05, 4.69) is 20.8 Å². The number of ether oxygens (including phenoxy) is 1. The Hall–Kier alpha value is -2.34. The third kappa shape index (κ3) is 4.95. The van der Waals surface area contributed by atoms with Crippen molar-refractivity contribution >= 4 is 23.4 Å². The van der Waals surface area contributed by atoms with Crippen LogP contribution >= 0.6 is 11.8 Å². The lowest BCUT2D eigenvalue weighted by Crippen LogP contribution is -2.44. The van der Waals surface area contributed by atoms with Crippen molar-refractivity contribution in [1.82, 2.24) is 0 Å². The van der Waals surface area contributed by atoms with Crippen LogP contribution in [0.3, 0.4) is 0 Å². The van der Waals surface area contributed by atoms with E-state index in [0.717, 1.165) is 27.3 Å². The van der Waals surface area contributed by atoms with Gasteiger partial charge in [0.25, 0.3) is 0 Å². The van der Waals surface area contributed by atoms with Crippen LogP contribution in [0.2, 0.25) is 0 Å². The molecule has 3 N–H and O–H groups in total. The van der Waals surface area contributed by atoms with Crippen LogP contribution in [0.25, 0.3) is 0 Å². The minimum Gasteiger partial charge on any atom is -0.511 e. The molecule has 0 fully saturated rings. The van der Waals surface area contributed by atoms with Crippen molar-refractivity contribution in [2.75, 3.05) is 5.73 Å². The van der Waals surface area contributed by atoms with Crippen LogP contribution in [0.15, 0.2) is 50.7 Å². The molecule has 0 saturated carbocycles. The largest absolute Gasteiger partial charge is 0.511 e.